The van der Waals surface area contributed by atoms with Gasteiger partial charge in [0.25, 0.3) is 5.91 Å². The fourth-order valence-electron chi connectivity index (χ4n) is 11.9. The van der Waals surface area contributed by atoms with Crippen molar-refractivity contribution in [3.8, 4) is 32.6 Å². The summed E-state index contributed by atoms with van der Waals surface area (Å²) in [6, 6.07) is 17.4. The van der Waals surface area contributed by atoms with Crippen LogP contribution in [0.3, 0.4) is 0 Å². The minimum atomic E-state index is -2.04. The summed E-state index contributed by atoms with van der Waals surface area (Å²) in [6.45, 7) is 3.36. The van der Waals surface area contributed by atoms with Crippen molar-refractivity contribution in [1.82, 2.24) is 46.6 Å². The van der Waals surface area contributed by atoms with Crippen LogP contribution in [0.5, 0.6) is 11.5 Å². The average molecular weight is 1320 g/mol. The number of aliphatic hydroxyl groups excluding tert-OH is 6. The third-order valence-corrected chi connectivity index (χ3v) is 18.1. The van der Waals surface area contributed by atoms with E-state index in [4.69, 9.17) is 20.9 Å². The first kappa shape index (κ1) is 71.6. The van der Waals surface area contributed by atoms with Crippen LogP contribution in [-0.4, -0.2) is 228 Å². The number of phenolic OH excluding ortho intramolecular Hbond substituents is 1. The molecule has 4 aliphatic heterocycles. The molecule has 94 heavy (non-hydrogen) atoms. The lowest BCUT2D eigenvalue weighted by atomic mass is 9.98. The molecular weight excluding hydrogens is 1240 g/mol. The number of nitrogens with two attached hydrogens (primary N) is 2. The average Bonchev–Trinajstić information content (AvgIpc) is 1.62. The molecule has 508 valence electrons. The quantitative estimate of drug-likeness (QED) is 0.0502. The predicted molar refractivity (Wildman–Crippen MR) is 345 cm³/mol. The number of β-amino-alcohol motifs (C(OH)–C–C–N with tert-alkyl or cyclic N) is 1. The zero-order valence-electron chi connectivity index (χ0n) is 51.5. The molecule has 0 radical (unpaired) electrons. The Morgan fingerprint density at radius 1 is 0.723 bits per heavy atom. The van der Waals surface area contributed by atoms with Gasteiger partial charge in [0.1, 0.15) is 52.9 Å². The molecule has 0 aliphatic carbocycles. The van der Waals surface area contributed by atoms with Crippen LogP contribution in [0.2, 0.25) is 0 Å². The van der Waals surface area contributed by atoms with Gasteiger partial charge in [-0.15, -0.1) is 10.2 Å². The van der Waals surface area contributed by atoms with Crippen molar-refractivity contribution in [3.63, 3.8) is 0 Å². The van der Waals surface area contributed by atoms with E-state index < -0.39 is 152 Å². The summed E-state index contributed by atoms with van der Waals surface area (Å²) in [4.78, 5) is 106. The maximum Gasteiger partial charge on any atom is 0.251 e. The van der Waals surface area contributed by atoms with Crippen molar-refractivity contribution in [2.75, 3.05) is 57.3 Å². The second-order valence-corrected chi connectivity index (χ2v) is 25.0. The SMILES string of the molecule is C.C[C@@H](O)[C@@H]1NC(=O)[C@@H](NC(=O)c2ccc(-c3nnc(-c4ccc(N5CCC(OCc6ccccc6)CC5)cc4)s3)cc2)C[C@@H](O)CNC(=O)[C@@H]2[C@@H](O)[C@@H](C)CN2C(=O)[C@H]([C@H](O)CCN)NC(=O)[C@H]([C@H](O)Cc2ccc(O)c(OCCN)c2)NC(=O)[C@@H]2C[C@@H](O)CN2C1=O. The Labute approximate surface area is 548 Å². The predicted octanol–water partition coefficient (Wildman–Crippen LogP) is -0.966. The van der Waals surface area contributed by atoms with Gasteiger partial charge in [-0.1, -0.05) is 74.2 Å². The number of anilines is 1. The summed E-state index contributed by atoms with van der Waals surface area (Å²) < 4.78 is 11.7. The van der Waals surface area contributed by atoms with Gasteiger partial charge >= 0.3 is 0 Å². The number of aromatic nitrogens is 2. The van der Waals surface area contributed by atoms with Gasteiger partial charge in [0.15, 0.2) is 11.5 Å². The van der Waals surface area contributed by atoms with Gasteiger partial charge < -0.3 is 98.0 Å². The van der Waals surface area contributed by atoms with E-state index in [0.717, 1.165) is 59.5 Å². The summed E-state index contributed by atoms with van der Waals surface area (Å²) in [5.41, 5.74) is 15.4. The zero-order chi connectivity index (χ0) is 66.6. The van der Waals surface area contributed by atoms with Crippen molar-refractivity contribution >= 4 is 58.4 Å². The van der Waals surface area contributed by atoms with Crippen LogP contribution in [0.4, 0.5) is 5.69 Å². The van der Waals surface area contributed by atoms with E-state index >= 15 is 0 Å². The van der Waals surface area contributed by atoms with Crippen LogP contribution < -0.4 is 47.7 Å². The maximum atomic E-state index is 14.7. The zero-order valence-corrected chi connectivity index (χ0v) is 52.3. The summed E-state index contributed by atoms with van der Waals surface area (Å²) in [5, 5.41) is 101. The number of nitrogens with zero attached hydrogens (tertiary/aromatic N) is 5. The van der Waals surface area contributed by atoms with E-state index in [2.05, 4.69) is 65.9 Å². The summed E-state index contributed by atoms with van der Waals surface area (Å²) in [7, 11) is 0. The van der Waals surface area contributed by atoms with Gasteiger partial charge in [0, 0.05) is 86.8 Å². The van der Waals surface area contributed by atoms with Crippen molar-refractivity contribution in [3.05, 3.63) is 114 Å². The van der Waals surface area contributed by atoms with Crippen LogP contribution in [-0.2, 0) is 46.5 Å². The highest BCUT2D eigenvalue weighted by Crippen LogP contribution is 2.33. The second-order valence-electron chi connectivity index (χ2n) is 24.0. The molecule has 4 aliphatic rings. The molecule has 4 aromatic carbocycles. The lowest BCUT2D eigenvalue weighted by molar-refractivity contribution is -0.147. The highest BCUT2D eigenvalue weighted by Gasteiger charge is 2.50. The largest absolute Gasteiger partial charge is 0.504 e. The second kappa shape index (κ2) is 32.8. The molecule has 13 atom stereocenters. The summed E-state index contributed by atoms with van der Waals surface area (Å²) in [6.07, 6.45) is -9.87. The first-order chi connectivity index (χ1) is 44.6. The molecule has 0 spiro atoms. The molecule has 5 heterocycles. The number of hydrogen-bond donors (Lipinski definition) is 14. The fourth-order valence-corrected chi connectivity index (χ4v) is 12.8. The molecule has 4 fully saturated rings. The lowest BCUT2D eigenvalue weighted by Crippen LogP contribution is -2.64. The van der Waals surface area contributed by atoms with E-state index in [1.54, 1.807) is 12.1 Å². The number of carbonyl (C=O) groups excluding carboxylic acids is 7. The molecule has 4 saturated heterocycles. The normalized spacial score (nSPS) is 25.5. The minimum Gasteiger partial charge on any atom is -0.504 e. The molecule has 28 nitrogen and oxygen atoms in total. The number of benzene rings is 4. The number of ether oxygens (including phenoxy) is 2. The first-order valence-electron chi connectivity index (χ1n) is 31.1. The molecule has 1 aromatic heterocycles. The number of phenols is 1. The number of hydrogen-bond acceptors (Lipinski definition) is 22. The van der Waals surface area contributed by atoms with E-state index in [1.165, 1.54) is 48.6 Å². The van der Waals surface area contributed by atoms with E-state index in [9.17, 15) is 69.3 Å². The highest BCUT2D eigenvalue weighted by atomic mass is 32.1. The molecule has 29 heteroatoms. The Morgan fingerprint density at radius 2 is 1.36 bits per heavy atom. The summed E-state index contributed by atoms with van der Waals surface area (Å²) >= 11 is 1.33. The number of amides is 7. The molecule has 5 aromatic rings. The fraction of sp³-hybridized carbons (Fsp3) is 0.492. The van der Waals surface area contributed by atoms with Crippen molar-refractivity contribution in [1.29, 1.82) is 0 Å². The minimum absolute atomic E-state index is 0. The third kappa shape index (κ3) is 17.6. The van der Waals surface area contributed by atoms with Gasteiger partial charge in [0.05, 0.1) is 49.3 Å². The molecular formula is C65H86N12O16S. The standard InChI is InChI=1S/C64H82N12O16S.CH4/c1-34-31-76-54(55(34)83)60(88)67-30-42(78)28-45(68-56(84)38-9-11-39(12-10-38)61-72-73-62(93-61)40-13-15-41(16-14-40)74-23-19-44(20-24-74)92-33-36-6-4-3-5-7-36)57(85)69-51(35(2)77)63(89)75-32-43(79)29-46(75)58(86)70-52(59(87)71-53(64(76)90)48(81)18-21-65)49(82)26-37-8-17-47(80)50(27-37)91-25-22-66;/h3-17,27,34-35,42-46,48-49,51-55,77-83H,18-26,28-33,65-66H2,1-2H3,(H,67,88)(H,68,84)(H,69,85)(H,70,86)(H,71,87);1H4/t34-,35+,42+,43+,45-,46-,48+,49+,51-,52-,53-,54-,55-;/m0./s1. The van der Waals surface area contributed by atoms with Crippen LogP contribution in [0, 0.1) is 5.92 Å². The number of rotatable bonds is 18. The van der Waals surface area contributed by atoms with Crippen molar-refractivity contribution < 1.29 is 78.8 Å². The number of piperidine rings is 1. The highest BCUT2D eigenvalue weighted by molar-refractivity contribution is 7.17. The van der Waals surface area contributed by atoms with Crippen molar-refractivity contribution in [2.24, 2.45) is 17.4 Å². The van der Waals surface area contributed by atoms with E-state index in [-0.39, 0.29) is 68.8 Å². The molecule has 7 amide bonds. The van der Waals surface area contributed by atoms with E-state index in [0.29, 0.717) is 22.2 Å². The van der Waals surface area contributed by atoms with Gasteiger partial charge in [-0.25, -0.2) is 0 Å². The number of carbonyl (C=O) groups is 7. The smallest absolute Gasteiger partial charge is 0.251 e. The van der Waals surface area contributed by atoms with Gasteiger partial charge in [-0.2, -0.15) is 0 Å². The first-order valence-corrected chi connectivity index (χ1v) is 31.9. The lowest BCUT2D eigenvalue weighted by Gasteiger charge is -2.34. The van der Waals surface area contributed by atoms with Gasteiger partial charge in [-0.3, -0.25) is 33.6 Å². The molecule has 0 bridgehead atoms. The van der Waals surface area contributed by atoms with Crippen molar-refractivity contribution in [2.45, 2.75) is 145 Å². The Balaban J connectivity index is 0.0000113. The van der Waals surface area contributed by atoms with Gasteiger partial charge in [-0.05, 0) is 92.4 Å². The molecule has 0 saturated carbocycles. The van der Waals surface area contributed by atoms with Crippen LogP contribution >= 0.6 is 11.3 Å². The molecule has 16 N–H and O–H groups in total. The monoisotopic (exact) mass is 1320 g/mol. The van der Waals surface area contributed by atoms with Crippen LogP contribution in [0.15, 0.2) is 97.1 Å². The van der Waals surface area contributed by atoms with Crippen LogP contribution in [0.1, 0.15) is 74.9 Å². The summed E-state index contributed by atoms with van der Waals surface area (Å²) in [5.74, 6) is -8.65. The topological polar surface area (TPSA) is 427 Å². The number of fused-ring (bicyclic) bond motifs is 2. The number of aliphatic hydroxyl groups is 6. The molecule has 0 unspecified atom stereocenters. The third-order valence-electron chi connectivity index (χ3n) is 17.1. The van der Waals surface area contributed by atoms with Gasteiger partial charge in [0.2, 0.25) is 35.4 Å². The van der Waals surface area contributed by atoms with E-state index in [1.807, 2.05) is 30.3 Å². The Kier molecular flexibility index (Phi) is 25.0. The Bertz CT molecular complexity index is 3400. The van der Waals surface area contributed by atoms with Crippen LogP contribution in [0.25, 0.3) is 21.1 Å². The number of nitrogens with one attached hydrogen (secondary N) is 5. The molecule has 9 rings (SSSR count). The Hall–Kier alpha value is -8.23. The Morgan fingerprint density at radius 3 is 2.01 bits per heavy atom. The number of aromatic hydroxyl groups is 1. The maximum absolute atomic E-state index is 14.7.